The summed E-state index contributed by atoms with van der Waals surface area (Å²) in [6, 6.07) is 13.6. The van der Waals surface area contributed by atoms with Gasteiger partial charge in [0.15, 0.2) is 0 Å². The summed E-state index contributed by atoms with van der Waals surface area (Å²) in [4.78, 5) is 12.2. The van der Waals surface area contributed by atoms with E-state index in [1.807, 2.05) is 56.3 Å². The van der Waals surface area contributed by atoms with Gasteiger partial charge in [-0.15, -0.1) is 0 Å². The van der Waals surface area contributed by atoms with Crippen molar-refractivity contribution in [2.75, 3.05) is 7.11 Å². The standard InChI is InChI=1S/C18H20BrNO2/c1-12-4-9-17(22-3)16(10-12)13(2)20-18(21)11-14-5-7-15(19)8-6-14/h4-10,13H,11H2,1-3H3,(H,20,21)/t13-/m1/s1. The third-order valence-corrected chi connectivity index (χ3v) is 4.04. The van der Waals surface area contributed by atoms with Crippen molar-refractivity contribution in [2.45, 2.75) is 26.3 Å². The molecule has 0 aromatic heterocycles. The van der Waals surface area contributed by atoms with Crippen molar-refractivity contribution in [1.82, 2.24) is 5.32 Å². The van der Waals surface area contributed by atoms with Crippen LogP contribution in [-0.4, -0.2) is 13.0 Å². The molecule has 0 heterocycles. The van der Waals surface area contributed by atoms with Crippen molar-refractivity contribution in [3.8, 4) is 5.75 Å². The lowest BCUT2D eigenvalue weighted by molar-refractivity contribution is -0.121. The molecule has 2 aromatic carbocycles. The van der Waals surface area contributed by atoms with Crippen molar-refractivity contribution in [3.63, 3.8) is 0 Å². The molecule has 2 aromatic rings. The highest BCUT2D eigenvalue weighted by molar-refractivity contribution is 9.10. The van der Waals surface area contributed by atoms with Gasteiger partial charge in [0.05, 0.1) is 19.6 Å². The molecule has 0 radical (unpaired) electrons. The molecule has 0 aliphatic heterocycles. The number of methoxy groups -OCH3 is 1. The van der Waals surface area contributed by atoms with Gasteiger partial charge in [0, 0.05) is 10.0 Å². The van der Waals surface area contributed by atoms with Gasteiger partial charge in [-0.25, -0.2) is 0 Å². The number of ether oxygens (including phenoxy) is 1. The molecule has 0 saturated heterocycles. The number of carbonyl (C=O) groups is 1. The first-order valence-corrected chi connectivity index (χ1v) is 7.97. The Bertz CT molecular complexity index is 653. The van der Waals surface area contributed by atoms with Crippen LogP contribution in [0.15, 0.2) is 46.9 Å². The molecular weight excluding hydrogens is 342 g/mol. The SMILES string of the molecule is COc1ccc(C)cc1[C@@H](C)NC(=O)Cc1ccc(Br)cc1. The summed E-state index contributed by atoms with van der Waals surface area (Å²) in [5, 5.41) is 3.03. The van der Waals surface area contributed by atoms with Crippen molar-refractivity contribution >= 4 is 21.8 Å². The highest BCUT2D eigenvalue weighted by atomic mass is 79.9. The van der Waals surface area contributed by atoms with Gasteiger partial charge >= 0.3 is 0 Å². The highest BCUT2D eigenvalue weighted by Crippen LogP contribution is 2.26. The molecule has 0 bridgehead atoms. The van der Waals surface area contributed by atoms with Gasteiger partial charge in [-0.05, 0) is 37.6 Å². The number of hydrogen-bond donors (Lipinski definition) is 1. The average molecular weight is 362 g/mol. The molecule has 4 heteroatoms. The summed E-state index contributed by atoms with van der Waals surface area (Å²) in [5.74, 6) is 0.792. The van der Waals surface area contributed by atoms with Crippen LogP contribution < -0.4 is 10.1 Å². The zero-order chi connectivity index (χ0) is 16.1. The van der Waals surface area contributed by atoms with Crippen molar-refractivity contribution < 1.29 is 9.53 Å². The van der Waals surface area contributed by atoms with E-state index in [-0.39, 0.29) is 11.9 Å². The van der Waals surface area contributed by atoms with Crippen LogP contribution in [0.3, 0.4) is 0 Å². The maximum Gasteiger partial charge on any atom is 0.224 e. The highest BCUT2D eigenvalue weighted by Gasteiger charge is 2.14. The van der Waals surface area contributed by atoms with E-state index in [2.05, 4.69) is 21.2 Å². The zero-order valence-electron chi connectivity index (χ0n) is 13.0. The molecule has 3 nitrogen and oxygen atoms in total. The van der Waals surface area contributed by atoms with E-state index in [4.69, 9.17) is 4.74 Å². The van der Waals surface area contributed by atoms with Gasteiger partial charge in [-0.1, -0.05) is 45.8 Å². The van der Waals surface area contributed by atoms with Gasteiger partial charge in [0.1, 0.15) is 5.75 Å². The van der Waals surface area contributed by atoms with Crippen molar-refractivity contribution in [1.29, 1.82) is 0 Å². The predicted molar refractivity (Wildman–Crippen MR) is 92.1 cm³/mol. The number of nitrogens with one attached hydrogen (secondary N) is 1. The lowest BCUT2D eigenvalue weighted by Crippen LogP contribution is -2.28. The van der Waals surface area contributed by atoms with Crippen molar-refractivity contribution in [3.05, 3.63) is 63.6 Å². The molecule has 0 spiro atoms. The largest absolute Gasteiger partial charge is 0.496 e. The normalized spacial score (nSPS) is 11.8. The summed E-state index contributed by atoms with van der Waals surface area (Å²) in [6.45, 7) is 4.00. The second-order valence-electron chi connectivity index (χ2n) is 5.34. The second-order valence-corrected chi connectivity index (χ2v) is 6.25. The minimum atomic E-state index is -0.0993. The quantitative estimate of drug-likeness (QED) is 0.866. The second kappa shape index (κ2) is 7.45. The van der Waals surface area contributed by atoms with Crippen LogP contribution in [0.25, 0.3) is 0 Å². The fourth-order valence-electron chi connectivity index (χ4n) is 2.35. The summed E-state index contributed by atoms with van der Waals surface area (Å²) in [7, 11) is 1.64. The number of carbonyl (C=O) groups excluding carboxylic acids is 1. The number of rotatable bonds is 5. The monoisotopic (exact) mass is 361 g/mol. The number of aryl methyl sites for hydroxylation is 1. The van der Waals surface area contributed by atoms with Crippen LogP contribution in [0.2, 0.25) is 0 Å². The Hall–Kier alpha value is -1.81. The Morgan fingerprint density at radius 2 is 1.91 bits per heavy atom. The molecule has 116 valence electrons. The lowest BCUT2D eigenvalue weighted by Gasteiger charge is -2.18. The van der Waals surface area contributed by atoms with Crippen LogP contribution in [-0.2, 0) is 11.2 Å². The van der Waals surface area contributed by atoms with Crippen LogP contribution in [0.1, 0.15) is 29.7 Å². The summed E-state index contributed by atoms with van der Waals surface area (Å²) in [5.41, 5.74) is 3.13. The Morgan fingerprint density at radius 3 is 2.55 bits per heavy atom. The number of amides is 1. The van der Waals surface area contributed by atoms with Crippen LogP contribution in [0, 0.1) is 6.92 Å². The number of halogens is 1. The summed E-state index contributed by atoms with van der Waals surface area (Å²) < 4.78 is 6.39. The van der Waals surface area contributed by atoms with Gasteiger partial charge < -0.3 is 10.1 Å². The van der Waals surface area contributed by atoms with Gasteiger partial charge in [-0.2, -0.15) is 0 Å². The molecule has 0 saturated carbocycles. The Kier molecular flexibility index (Phi) is 5.61. The fourth-order valence-corrected chi connectivity index (χ4v) is 2.61. The first kappa shape index (κ1) is 16.6. The van der Waals surface area contributed by atoms with E-state index in [0.717, 1.165) is 26.9 Å². The third-order valence-electron chi connectivity index (χ3n) is 3.51. The molecule has 0 aliphatic carbocycles. The topological polar surface area (TPSA) is 38.3 Å². The minimum absolute atomic E-state index is 0.00150. The number of hydrogen-bond acceptors (Lipinski definition) is 2. The Labute approximate surface area is 139 Å². The smallest absolute Gasteiger partial charge is 0.224 e. The molecule has 1 amide bonds. The molecular formula is C18H20BrNO2. The fraction of sp³-hybridized carbons (Fsp3) is 0.278. The maximum absolute atomic E-state index is 12.2. The molecule has 1 atom stereocenters. The van der Waals surface area contributed by atoms with Gasteiger partial charge in [0.25, 0.3) is 0 Å². The maximum atomic E-state index is 12.2. The van der Waals surface area contributed by atoms with E-state index >= 15 is 0 Å². The van der Waals surface area contributed by atoms with Crippen molar-refractivity contribution in [2.24, 2.45) is 0 Å². The first-order chi connectivity index (χ1) is 10.5. The number of benzene rings is 2. The van der Waals surface area contributed by atoms with Gasteiger partial charge in [-0.3, -0.25) is 4.79 Å². The van der Waals surface area contributed by atoms with E-state index < -0.39 is 0 Å². The molecule has 22 heavy (non-hydrogen) atoms. The van der Waals surface area contributed by atoms with Crippen LogP contribution >= 0.6 is 15.9 Å². The molecule has 0 fully saturated rings. The van der Waals surface area contributed by atoms with E-state index in [0.29, 0.717) is 6.42 Å². The molecule has 2 rings (SSSR count). The van der Waals surface area contributed by atoms with E-state index in [9.17, 15) is 4.79 Å². The molecule has 1 N–H and O–H groups in total. The summed E-state index contributed by atoms with van der Waals surface area (Å²) in [6.07, 6.45) is 0.367. The van der Waals surface area contributed by atoms with Crippen LogP contribution in [0.5, 0.6) is 5.75 Å². The zero-order valence-corrected chi connectivity index (χ0v) is 14.6. The minimum Gasteiger partial charge on any atom is -0.496 e. The third kappa shape index (κ3) is 4.34. The van der Waals surface area contributed by atoms with Gasteiger partial charge in [0.2, 0.25) is 5.91 Å². The average Bonchev–Trinajstić information content (AvgIpc) is 2.49. The van der Waals surface area contributed by atoms with E-state index in [1.54, 1.807) is 7.11 Å². The predicted octanol–water partition coefficient (Wildman–Crippen LogP) is 4.19. The molecule has 0 unspecified atom stereocenters. The lowest BCUT2D eigenvalue weighted by atomic mass is 10.0. The Morgan fingerprint density at radius 1 is 1.23 bits per heavy atom. The molecule has 0 aliphatic rings. The first-order valence-electron chi connectivity index (χ1n) is 7.18. The van der Waals surface area contributed by atoms with E-state index in [1.165, 1.54) is 0 Å². The Balaban J connectivity index is 2.05. The van der Waals surface area contributed by atoms with Crippen LogP contribution in [0.4, 0.5) is 0 Å². The summed E-state index contributed by atoms with van der Waals surface area (Å²) >= 11 is 3.39.